The number of fused-ring (bicyclic) bond motifs is 1. The minimum atomic E-state index is -0.468. The Morgan fingerprint density at radius 3 is 2.61 bits per heavy atom. The molecule has 1 aliphatic heterocycles. The second-order valence-corrected chi connectivity index (χ2v) is 7.80. The number of carbonyl (C=O) groups is 2. The van der Waals surface area contributed by atoms with Gasteiger partial charge in [-0.05, 0) is 55.3 Å². The van der Waals surface area contributed by atoms with Crippen LogP contribution in [0.1, 0.15) is 40.1 Å². The van der Waals surface area contributed by atoms with Gasteiger partial charge in [-0.15, -0.1) is 0 Å². The number of halogens is 1. The summed E-state index contributed by atoms with van der Waals surface area (Å²) in [4.78, 5) is 29.7. The van der Waals surface area contributed by atoms with Crippen molar-refractivity contribution in [2.24, 2.45) is 0 Å². The van der Waals surface area contributed by atoms with Crippen molar-refractivity contribution >= 4 is 11.8 Å². The van der Waals surface area contributed by atoms with E-state index >= 15 is 0 Å². The van der Waals surface area contributed by atoms with Crippen LogP contribution in [0.25, 0.3) is 0 Å². The Kier molecular flexibility index (Phi) is 5.89. The third-order valence-electron chi connectivity index (χ3n) is 5.91. The second-order valence-electron chi connectivity index (χ2n) is 7.80. The van der Waals surface area contributed by atoms with E-state index in [1.54, 1.807) is 6.07 Å². The van der Waals surface area contributed by atoms with Crippen molar-refractivity contribution in [3.63, 3.8) is 0 Å². The Labute approximate surface area is 181 Å². The van der Waals surface area contributed by atoms with E-state index in [-0.39, 0.29) is 30.0 Å². The van der Waals surface area contributed by atoms with Gasteiger partial charge in [-0.25, -0.2) is 4.39 Å². The van der Waals surface area contributed by atoms with Crippen molar-refractivity contribution in [3.8, 4) is 0 Å². The molecule has 0 N–H and O–H groups in total. The lowest BCUT2D eigenvalue weighted by atomic mass is 9.95. The van der Waals surface area contributed by atoms with Gasteiger partial charge >= 0.3 is 0 Å². The summed E-state index contributed by atoms with van der Waals surface area (Å²) in [5.41, 5.74) is 3.50. The summed E-state index contributed by atoms with van der Waals surface area (Å²) in [6.45, 7) is 5.46. The van der Waals surface area contributed by atoms with Crippen LogP contribution in [0.15, 0.2) is 66.9 Å². The summed E-state index contributed by atoms with van der Waals surface area (Å²) in [5, 5.41) is 0. The molecular weight excluding hydrogens is 393 g/mol. The van der Waals surface area contributed by atoms with Crippen LogP contribution in [-0.4, -0.2) is 45.8 Å². The van der Waals surface area contributed by atoms with Crippen molar-refractivity contribution in [1.82, 2.24) is 14.4 Å². The predicted molar refractivity (Wildman–Crippen MR) is 117 cm³/mol. The second kappa shape index (κ2) is 8.76. The van der Waals surface area contributed by atoms with Gasteiger partial charge < -0.3 is 14.4 Å². The quantitative estimate of drug-likeness (QED) is 0.627. The summed E-state index contributed by atoms with van der Waals surface area (Å²) in [6, 6.07) is 17.5. The van der Waals surface area contributed by atoms with Gasteiger partial charge in [0.15, 0.2) is 0 Å². The fourth-order valence-electron chi connectivity index (χ4n) is 4.26. The first-order valence-electron chi connectivity index (χ1n) is 10.5. The van der Waals surface area contributed by atoms with Crippen molar-refractivity contribution in [1.29, 1.82) is 0 Å². The van der Waals surface area contributed by atoms with Crippen molar-refractivity contribution in [2.75, 3.05) is 19.6 Å². The molecule has 1 unspecified atom stereocenters. The molecule has 6 heteroatoms. The van der Waals surface area contributed by atoms with Gasteiger partial charge in [0.25, 0.3) is 5.91 Å². The molecule has 2 heterocycles. The molecule has 0 saturated carbocycles. The third-order valence-corrected chi connectivity index (χ3v) is 5.91. The average Bonchev–Trinajstić information content (AvgIpc) is 3.25. The molecule has 0 spiro atoms. The fraction of sp³-hybridized carbons (Fsp3) is 0.280. The van der Waals surface area contributed by atoms with Crippen molar-refractivity contribution in [2.45, 2.75) is 26.4 Å². The molecule has 1 aromatic heterocycles. The highest BCUT2D eigenvalue weighted by Crippen LogP contribution is 2.34. The van der Waals surface area contributed by atoms with E-state index < -0.39 is 5.82 Å². The number of carbonyl (C=O) groups excluding carboxylic acids is 2. The molecule has 1 atom stereocenters. The van der Waals surface area contributed by atoms with Crippen LogP contribution < -0.4 is 0 Å². The molecule has 31 heavy (non-hydrogen) atoms. The number of likely N-dealkylation sites (N-methyl/N-ethyl adjacent to an activating group) is 1. The lowest BCUT2D eigenvalue weighted by Crippen LogP contribution is -2.48. The number of aromatic nitrogens is 1. The van der Waals surface area contributed by atoms with E-state index in [0.29, 0.717) is 19.6 Å². The first kappa shape index (κ1) is 20.8. The van der Waals surface area contributed by atoms with Gasteiger partial charge in [-0.3, -0.25) is 9.59 Å². The molecule has 4 rings (SSSR count). The molecule has 1 aliphatic rings. The Morgan fingerprint density at radius 2 is 1.87 bits per heavy atom. The van der Waals surface area contributed by atoms with Crippen molar-refractivity contribution in [3.05, 3.63) is 95.1 Å². The van der Waals surface area contributed by atoms with Gasteiger partial charge in [-0.1, -0.05) is 30.3 Å². The van der Waals surface area contributed by atoms with E-state index in [1.807, 2.05) is 55.3 Å². The molecule has 0 fully saturated rings. The summed E-state index contributed by atoms with van der Waals surface area (Å²) in [6.07, 6.45) is 2.04. The van der Waals surface area contributed by atoms with E-state index in [2.05, 4.69) is 10.6 Å². The highest BCUT2D eigenvalue weighted by molar-refractivity contribution is 5.96. The predicted octanol–water partition coefficient (Wildman–Crippen LogP) is 4.03. The zero-order valence-electron chi connectivity index (χ0n) is 17.8. The molecule has 0 radical (unpaired) electrons. The minimum absolute atomic E-state index is 0.0467. The van der Waals surface area contributed by atoms with E-state index in [1.165, 1.54) is 23.1 Å². The minimum Gasteiger partial charge on any atom is -0.348 e. The summed E-state index contributed by atoms with van der Waals surface area (Å²) < 4.78 is 15.8. The largest absolute Gasteiger partial charge is 0.348 e. The van der Waals surface area contributed by atoms with Crippen LogP contribution in [-0.2, 0) is 11.3 Å². The van der Waals surface area contributed by atoms with Crippen LogP contribution >= 0.6 is 0 Å². The molecular formula is C25H26FN3O2. The molecule has 0 bridgehead atoms. The van der Waals surface area contributed by atoms with Gasteiger partial charge in [0.1, 0.15) is 12.4 Å². The van der Waals surface area contributed by atoms with Crippen LogP contribution in [0.3, 0.4) is 0 Å². The number of aryl methyl sites for hydroxylation is 1. The van der Waals surface area contributed by atoms with Gasteiger partial charge in [0, 0.05) is 37.1 Å². The molecule has 0 aliphatic carbocycles. The van der Waals surface area contributed by atoms with E-state index in [9.17, 15) is 14.0 Å². The van der Waals surface area contributed by atoms with Crippen LogP contribution in [0, 0.1) is 12.7 Å². The van der Waals surface area contributed by atoms with E-state index in [0.717, 1.165) is 16.8 Å². The maximum atomic E-state index is 13.6. The number of amides is 2. The zero-order chi connectivity index (χ0) is 22.0. The Bertz CT molecular complexity index is 1110. The monoisotopic (exact) mass is 419 g/mol. The number of rotatable bonds is 5. The van der Waals surface area contributed by atoms with Crippen LogP contribution in [0.2, 0.25) is 0 Å². The molecule has 2 aromatic carbocycles. The first-order valence-corrected chi connectivity index (χ1v) is 10.5. The number of nitrogens with zero attached hydrogens (tertiary/aromatic N) is 3. The zero-order valence-corrected chi connectivity index (χ0v) is 17.8. The SMILES string of the molecule is CCN(CC(=O)N1CCn2cccc2C1c1ccccc1C)C(=O)c1cccc(F)c1. The normalized spacial score (nSPS) is 15.5. The fourth-order valence-corrected chi connectivity index (χ4v) is 4.26. The Balaban J connectivity index is 1.62. The molecule has 2 amide bonds. The molecule has 0 saturated heterocycles. The van der Waals surface area contributed by atoms with Crippen molar-refractivity contribution < 1.29 is 14.0 Å². The summed E-state index contributed by atoms with van der Waals surface area (Å²) in [5.74, 6) is -0.930. The maximum absolute atomic E-state index is 13.6. The van der Waals surface area contributed by atoms with Gasteiger partial charge in [-0.2, -0.15) is 0 Å². The number of hydrogen-bond donors (Lipinski definition) is 0. The Morgan fingerprint density at radius 1 is 1.06 bits per heavy atom. The summed E-state index contributed by atoms with van der Waals surface area (Å²) in [7, 11) is 0. The first-order chi connectivity index (χ1) is 15.0. The standard InChI is InChI=1S/C25H26FN3O2/c1-3-27(25(31)19-9-6-10-20(26)16-19)17-23(30)29-15-14-28-13-7-12-22(28)24(29)21-11-5-4-8-18(21)2/h4-13,16,24H,3,14-15,17H2,1-2H3. The summed E-state index contributed by atoms with van der Waals surface area (Å²) >= 11 is 0. The van der Waals surface area contributed by atoms with Crippen LogP contribution in [0.5, 0.6) is 0 Å². The number of benzene rings is 2. The number of hydrogen-bond acceptors (Lipinski definition) is 2. The smallest absolute Gasteiger partial charge is 0.254 e. The molecule has 160 valence electrons. The lowest BCUT2D eigenvalue weighted by Gasteiger charge is -2.39. The average molecular weight is 420 g/mol. The topological polar surface area (TPSA) is 45.6 Å². The molecule has 3 aromatic rings. The highest BCUT2D eigenvalue weighted by atomic mass is 19.1. The molecule has 5 nitrogen and oxygen atoms in total. The van der Waals surface area contributed by atoms with Gasteiger partial charge in [0.05, 0.1) is 6.04 Å². The third kappa shape index (κ3) is 4.10. The van der Waals surface area contributed by atoms with E-state index in [4.69, 9.17) is 0 Å². The van der Waals surface area contributed by atoms with Gasteiger partial charge in [0.2, 0.25) is 5.91 Å². The van der Waals surface area contributed by atoms with Crippen LogP contribution in [0.4, 0.5) is 4.39 Å². The highest BCUT2D eigenvalue weighted by Gasteiger charge is 2.34. The maximum Gasteiger partial charge on any atom is 0.254 e. The lowest BCUT2D eigenvalue weighted by molar-refractivity contribution is -0.134. The Hall–Kier alpha value is -3.41.